The van der Waals surface area contributed by atoms with Crippen LogP contribution in [0.5, 0.6) is 0 Å². The van der Waals surface area contributed by atoms with Gasteiger partial charge in [0.25, 0.3) is 0 Å². The summed E-state index contributed by atoms with van der Waals surface area (Å²) in [5.41, 5.74) is 10.8. The maximum absolute atomic E-state index is 12.4. The second-order valence-electron chi connectivity index (χ2n) is 4.45. The van der Waals surface area contributed by atoms with Crippen LogP contribution in [0.3, 0.4) is 0 Å². The van der Waals surface area contributed by atoms with Crippen molar-refractivity contribution in [3.8, 4) is 0 Å². The van der Waals surface area contributed by atoms with E-state index in [1.54, 1.807) is 12.1 Å². The molecule has 1 heterocycles. The molecule has 6 nitrogen and oxygen atoms in total. The number of hydrogen-bond donors (Lipinski definition) is 3. The molecule has 0 saturated heterocycles. The Morgan fingerprint density at radius 2 is 1.83 bits per heavy atom. The van der Waals surface area contributed by atoms with Crippen molar-refractivity contribution >= 4 is 17.6 Å². The van der Waals surface area contributed by atoms with Gasteiger partial charge in [0.1, 0.15) is 12.3 Å². The summed E-state index contributed by atoms with van der Waals surface area (Å²) >= 11 is 0. The van der Waals surface area contributed by atoms with Crippen molar-refractivity contribution in [1.29, 1.82) is 0 Å². The number of nitrogens with one attached hydrogen (secondary N) is 1. The van der Waals surface area contributed by atoms with E-state index in [2.05, 4.69) is 15.3 Å². The molecular formula is C14H14F3N5O. The van der Waals surface area contributed by atoms with E-state index in [-0.39, 0.29) is 18.5 Å². The fourth-order valence-electron chi connectivity index (χ4n) is 1.64. The van der Waals surface area contributed by atoms with E-state index >= 15 is 0 Å². The molecule has 122 valence electrons. The monoisotopic (exact) mass is 325 g/mol. The Morgan fingerprint density at radius 1 is 1.13 bits per heavy atom. The van der Waals surface area contributed by atoms with E-state index in [4.69, 9.17) is 15.9 Å². The SMILES string of the molecule is NC(=NCc1ccco1)N=C(N)Nc1ccc(C(F)(F)F)cc1. The van der Waals surface area contributed by atoms with Crippen LogP contribution in [0.15, 0.2) is 57.1 Å². The molecule has 0 aliphatic rings. The summed E-state index contributed by atoms with van der Waals surface area (Å²) < 4.78 is 42.4. The summed E-state index contributed by atoms with van der Waals surface area (Å²) in [6.07, 6.45) is -2.88. The molecular weight excluding hydrogens is 311 g/mol. The Balaban J connectivity index is 1.97. The third-order valence-electron chi connectivity index (χ3n) is 2.70. The number of aliphatic imine (C=N–C) groups is 2. The van der Waals surface area contributed by atoms with Crippen LogP contribution in [-0.4, -0.2) is 11.9 Å². The maximum atomic E-state index is 12.4. The number of furan rings is 1. The number of anilines is 1. The van der Waals surface area contributed by atoms with Crippen molar-refractivity contribution in [3.05, 3.63) is 54.0 Å². The Hall–Kier alpha value is -2.97. The van der Waals surface area contributed by atoms with E-state index in [0.29, 0.717) is 11.4 Å². The quantitative estimate of drug-likeness (QED) is 0.596. The summed E-state index contributed by atoms with van der Waals surface area (Å²) in [5, 5.41) is 2.62. The molecule has 0 amide bonds. The van der Waals surface area contributed by atoms with Gasteiger partial charge in [-0.25, -0.2) is 4.99 Å². The van der Waals surface area contributed by atoms with Crippen molar-refractivity contribution in [2.24, 2.45) is 21.5 Å². The molecule has 0 saturated carbocycles. The molecule has 0 spiro atoms. The number of nitrogens with two attached hydrogens (primary N) is 2. The molecule has 0 aliphatic heterocycles. The third-order valence-corrected chi connectivity index (χ3v) is 2.70. The van der Waals surface area contributed by atoms with E-state index < -0.39 is 11.7 Å². The minimum absolute atomic E-state index is 0.0849. The average Bonchev–Trinajstić information content (AvgIpc) is 2.98. The minimum atomic E-state index is -4.39. The topological polar surface area (TPSA) is 102 Å². The standard InChI is InChI=1S/C14H14F3N5O/c15-14(16,17)9-3-5-10(6-4-9)21-13(19)22-12(18)20-8-11-2-1-7-23-11/h1-7H,8H2,(H5,18,19,20,21,22). The molecule has 0 aliphatic carbocycles. The molecule has 5 N–H and O–H groups in total. The minimum Gasteiger partial charge on any atom is -0.467 e. The summed E-state index contributed by atoms with van der Waals surface area (Å²) in [6, 6.07) is 7.78. The number of nitrogens with zero attached hydrogens (tertiary/aromatic N) is 2. The van der Waals surface area contributed by atoms with Crippen LogP contribution in [0.1, 0.15) is 11.3 Å². The van der Waals surface area contributed by atoms with Gasteiger partial charge >= 0.3 is 6.18 Å². The van der Waals surface area contributed by atoms with Crippen LogP contribution in [0.2, 0.25) is 0 Å². The summed E-state index contributed by atoms with van der Waals surface area (Å²) in [6.45, 7) is 0.204. The summed E-state index contributed by atoms with van der Waals surface area (Å²) in [4.78, 5) is 7.73. The number of rotatable bonds is 3. The van der Waals surface area contributed by atoms with Crippen molar-refractivity contribution in [3.63, 3.8) is 0 Å². The normalized spacial score (nSPS) is 13.2. The molecule has 0 radical (unpaired) electrons. The lowest BCUT2D eigenvalue weighted by Gasteiger charge is -2.08. The first-order chi connectivity index (χ1) is 10.8. The van der Waals surface area contributed by atoms with Crippen LogP contribution in [0.4, 0.5) is 18.9 Å². The van der Waals surface area contributed by atoms with Gasteiger partial charge in [-0.3, -0.25) is 0 Å². The Labute approximate surface area is 129 Å². The molecule has 1 aromatic heterocycles. The van der Waals surface area contributed by atoms with Crippen LogP contribution < -0.4 is 16.8 Å². The van der Waals surface area contributed by atoms with Crippen LogP contribution in [0.25, 0.3) is 0 Å². The highest BCUT2D eigenvalue weighted by Crippen LogP contribution is 2.29. The van der Waals surface area contributed by atoms with Crippen molar-refractivity contribution < 1.29 is 17.6 Å². The van der Waals surface area contributed by atoms with Crippen LogP contribution in [0, 0.1) is 0 Å². The zero-order valence-corrected chi connectivity index (χ0v) is 11.8. The first kappa shape index (κ1) is 16.4. The molecule has 0 unspecified atom stereocenters. The second-order valence-corrected chi connectivity index (χ2v) is 4.45. The van der Waals surface area contributed by atoms with Gasteiger partial charge < -0.3 is 21.2 Å². The van der Waals surface area contributed by atoms with Gasteiger partial charge in [0.15, 0.2) is 0 Å². The highest BCUT2D eigenvalue weighted by atomic mass is 19.4. The largest absolute Gasteiger partial charge is 0.467 e. The average molecular weight is 325 g/mol. The number of benzene rings is 1. The zero-order valence-electron chi connectivity index (χ0n) is 11.8. The molecule has 2 rings (SSSR count). The molecule has 0 bridgehead atoms. The van der Waals surface area contributed by atoms with Gasteiger partial charge in [0.2, 0.25) is 11.9 Å². The van der Waals surface area contributed by atoms with E-state index in [1.807, 2.05) is 0 Å². The molecule has 9 heteroatoms. The van der Waals surface area contributed by atoms with Crippen molar-refractivity contribution in [2.45, 2.75) is 12.7 Å². The predicted molar refractivity (Wildman–Crippen MR) is 80.7 cm³/mol. The third kappa shape index (κ3) is 5.06. The molecule has 23 heavy (non-hydrogen) atoms. The Bertz CT molecular complexity index is 690. The Kier molecular flexibility index (Phi) is 4.89. The van der Waals surface area contributed by atoms with Crippen LogP contribution >= 0.6 is 0 Å². The van der Waals surface area contributed by atoms with Gasteiger partial charge in [0, 0.05) is 5.69 Å². The first-order valence-electron chi connectivity index (χ1n) is 6.45. The highest BCUT2D eigenvalue weighted by Gasteiger charge is 2.29. The second kappa shape index (κ2) is 6.86. The first-order valence-corrected chi connectivity index (χ1v) is 6.45. The van der Waals surface area contributed by atoms with E-state index in [9.17, 15) is 13.2 Å². The van der Waals surface area contributed by atoms with Crippen molar-refractivity contribution in [1.82, 2.24) is 0 Å². The van der Waals surface area contributed by atoms with Crippen LogP contribution in [-0.2, 0) is 12.7 Å². The number of halogens is 3. The van der Waals surface area contributed by atoms with E-state index in [0.717, 1.165) is 12.1 Å². The lowest BCUT2D eigenvalue weighted by molar-refractivity contribution is -0.137. The highest BCUT2D eigenvalue weighted by molar-refractivity contribution is 6.00. The van der Waals surface area contributed by atoms with E-state index in [1.165, 1.54) is 18.4 Å². The number of hydrogen-bond acceptors (Lipinski definition) is 2. The summed E-state index contributed by atoms with van der Waals surface area (Å²) in [7, 11) is 0. The lowest BCUT2D eigenvalue weighted by atomic mass is 10.2. The fourth-order valence-corrected chi connectivity index (χ4v) is 1.64. The van der Waals surface area contributed by atoms with Crippen molar-refractivity contribution in [2.75, 3.05) is 5.32 Å². The molecule has 0 fully saturated rings. The number of guanidine groups is 2. The van der Waals surface area contributed by atoms with Gasteiger partial charge in [-0.2, -0.15) is 18.2 Å². The molecule has 1 aromatic carbocycles. The molecule has 2 aromatic rings. The smallest absolute Gasteiger partial charge is 0.416 e. The van der Waals surface area contributed by atoms with Gasteiger partial charge in [-0.1, -0.05) is 0 Å². The Morgan fingerprint density at radius 3 is 2.39 bits per heavy atom. The van der Waals surface area contributed by atoms with Gasteiger partial charge in [-0.05, 0) is 36.4 Å². The number of alkyl halides is 3. The fraction of sp³-hybridized carbons (Fsp3) is 0.143. The predicted octanol–water partition coefficient (Wildman–Crippen LogP) is 2.54. The summed E-state index contributed by atoms with van der Waals surface area (Å²) in [5.74, 6) is 0.432. The van der Waals surface area contributed by atoms with Gasteiger partial charge in [-0.15, -0.1) is 0 Å². The molecule has 0 atom stereocenters. The van der Waals surface area contributed by atoms with Gasteiger partial charge in [0.05, 0.1) is 11.8 Å². The lowest BCUT2D eigenvalue weighted by Crippen LogP contribution is -2.26. The maximum Gasteiger partial charge on any atom is 0.416 e. The zero-order chi connectivity index (χ0) is 16.9.